The van der Waals surface area contributed by atoms with Crippen LogP contribution in [-0.4, -0.2) is 29.4 Å². The van der Waals surface area contributed by atoms with Gasteiger partial charge in [0.25, 0.3) is 0 Å². The third kappa shape index (κ3) is 4.76. The minimum Gasteiger partial charge on any atom is -0.503 e. The lowest BCUT2D eigenvalue weighted by atomic mass is 10.00. The molecular weight excluding hydrogens is 300 g/mol. The average Bonchev–Trinajstić information content (AvgIpc) is 2.50. The topological polar surface area (TPSA) is 85.2 Å². The summed E-state index contributed by atoms with van der Waals surface area (Å²) in [5.41, 5.74) is 0.868. The van der Waals surface area contributed by atoms with Gasteiger partial charge in [-0.15, -0.1) is 0 Å². The summed E-state index contributed by atoms with van der Waals surface area (Å²) in [5.74, 6) is -1.43. The van der Waals surface area contributed by atoms with Crippen molar-refractivity contribution in [3.8, 4) is 17.2 Å². The predicted molar refractivity (Wildman–Crippen MR) is 86.4 cm³/mol. The first-order valence-corrected chi connectivity index (χ1v) is 7.97. The molecule has 0 saturated carbocycles. The van der Waals surface area contributed by atoms with Crippen molar-refractivity contribution in [1.29, 1.82) is 0 Å². The van der Waals surface area contributed by atoms with Gasteiger partial charge in [0.05, 0.1) is 13.2 Å². The van der Waals surface area contributed by atoms with Gasteiger partial charge in [-0.3, -0.25) is 0 Å². The van der Waals surface area contributed by atoms with Crippen LogP contribution in [0.1, 0.15) is 61.0 Å². The molecule has 0 aliphatic rings. The van der Waals surface area contributed by atoms with Gasteiger partial charge >= 0.3 is 5.97 Å². The predicted octanol–water partition coefficient (Wildman–Crippen LogP) is 4.00. The highest BCUT2D eigenvalue weighted by Crippen LogP contribution is 2.44. The molecule has 0 unspecified atom stereocenters. The van der Waals surface area contributed by atoms with Crippen LogP contribution in [0, 0.1) is 13.8 Å². The van der Waals surface area contributed by atoms with E-state index in [1.165, 1.54) is 0 Å². The van der Waals surface area contributed by atoms with Crippen LogP contribution < -0.4 is 9.62 Å². The van der Waals surface area contributed by atoms with Crippen LogP contribution in [0.2, 0.25) is 0 Å². The molecule has 1 rings (SSSR count). The summed E-state index contributed by atoms with van der Waals surface area (Å²) in [4.78, 5) is 21.7. The highest BCUT2D eigenvalue weighted by atomic mass is 17.2. The Labute approximate surface area is 136 Å². The van der Waals surface area contributed by atoms with Gasteiger partial charge in [0.1, 0.15) is 5.56 Å². The van der Waals surface area contributed by atoms with Gasteiger partial charge < -0.3 is 19.8 Å². The van der Waals surface area contributed by atoms with Crippen LogP contribution in [0.25, 0.3) is 0 Å². The van der Waals surface area contributed by atoms with Crippen molar-refractivity contribution >= 4 is 5.97 Å². The second-order valence-electron chi connectivity index (χ2n) is 5.40. The van der Waals surface area contributed by atoms with E-state index >= 15 is 0 Å². The number of carboxylic acids is 1. The molecule has 2 N–H and O–H groups in total. The first-order chi connectivity index (χ1) is 11.0. The summed E-state index contributed by atoms with van der Waals surface area (Å²) in [5, 5.41) is 19.6. The number of hydrogen-bond acceptors (Lipinski definition) is 5. The minimum atomic E-state index is -1.22. The fraction of sp³-hybridized carbons (Fsp3) is 0.588. The number of benzene rings is 1. The lowest BCUT2D eigenvalue weighted by Gasteiger charge is -2.18. The van der Waals surface area contributed by atoms with Gasteiger partial charge in [-0.25, -0.2) is 4.79 Å². The summed E-state index contributed by atoms with van der Waals surface area (Å²) >= 11 is 0. The second-order valence-corrected chi connectivity index (χ2v) is 5.40. The van der Waals surface area contributed by atoms with Crippen molar-refractivity contribution < 1.29 is 29.5 Å². The van der Waals surface area contributed by atoms with E-state index in [9.17, 15) is 15.0 Å². The van der Waals surface area contributed by atoms with Crippen LogP contribution in [-0.2, 0) is 4.89 Å². The summed E-state index contributed by atoms with van der Waals surface area (Å²) in [6.45, 7) is 8.22. The Kier molecular flexibility index (Phi) is 7.68. The Morgan fingerprint density at radius 1 is 1.00 bits per heavy atom. The quantitative estimate of drug-likeness (QED) is 0.384. The van der Waals surface area contributed by atoms with Gasteiger partial charge in [-0.05, 0) is 37.8 Å². The lowest BCUT2D eigenvalue weighted by Crippen LogP contribution is -2.10. The van der Waals surface area contributed by atoms with Crippen LogP contribution in [0.15, 0.2) is 0 Å². The number of ether oxygens (including phenoxy) is 1. The van der Waals surface area contributed by atoms with Crippen molar-refractivity contribution in [2.45, 2.75) is 53.4 Å². The zero-order chi connectivity index (χ0) is 17.4. The summed E-state index contributed by atoms with van der Waals surface area (Å²) < 4.78 is 5.70. The first-order valence-electron chi connectivity index (χ1n) is 7.97. The number of carbonyl (C=O) groups is 1. The lowest BCUT2D eigenvalue weighted by molar-refractivity contribution is -0.209. The molecule has 0 aliphatic carbocycles. The zero-order valence-electron chi connectivity index (χ0n) is 14.3. The van der Waals surface area contributed by atoms with Crippen molar-refractivity contribution in [3.05, 3.63) is 16.7 Å². The maximum absolute atomic E-state index is 11.4. The number of unbranched alkanes of at least 4 members (excludes halogenated alkanes) is 2. The Morgan fingerprint density at radius 2 is 1.61 bits per heavy atom. The van der Waals surface area contributed by atoms with Gasteiger partial charge in [0.2, 0.25) is 5.75 Å². The van der Waals surface area contributed by atoms with E-state index in [1.54, 1.807) is 13.8 Å². The molecule has 23 heavy (non-hydrogen) atoms. The van der Waals surface area contributed by atoms with E-state index in [0.717, 1.165) is 25.7 Å². The van der Waals surface area contributed by atoms with E-state index in [1.807, 2.05) is 13.8 Å². The molecule has 0 heterocycles. The van der Waals surface area contributed by atoms with Crippen molar-refractivity contribution in [3.63, 3.8) is 0 Å². The molecular formula is C17H26O6. The van der Waals surface area contributed by atoms with Gasteiger partial charge in [0, 0.05) is 0 Å². The largest absolute Gasteiger partial charge is 0.503 e. The van der Waals surface area contributed by atoms with Crippen molar-refractivity contribution in [1.82, 2.24) is 0 Å². The summed E-state index contributed by atoms with van der Waals surface area (Å²) in [6, 6.07) is 0. The Morgan fingerprint density at radius 3 is 2.17 bits per heavy atom. The van der Waals surface area contributed by atoms with Crippen molar-refractivity contribution in [2.75, 3.05) is 13.2 Å². The molecule has 6 nitrogen and oxygen atoms in total. The van der Waals surface area contributed by atoms with Crippen molar-refractivity contribution in [2.24, 2.45) is 0 Å². The first kappa shape index (κ1) is 19.1. The number of aromatic carboxylic acids is 1. The molecule has 1 aromatic carbocycles. The number of phenols is 1. The third-order valence-electron chi connectivity index (χ3n) is 3.62. The van der Waals surface area contributed by atoms with Crippen LogP contribution in [0.4, 0.5) is 0 Å². The molecule has 130 valence electrons. The maximum atomic E-state index is 11.4. The zero-order valence-corrected chi connectivity index (χ0v) is 14.3. The summed E-state index contributed by atoms with van der Waals surface area (Å²) in [6.07, 6.45) is 3.53. The molecule has 0 radical (unpaired) electrons. The number of rotatable bonds is 10. The fourth-order valence-electron chi connectivity index (χ4n) is 2.06. The Hall–Kier alpha value is -1.95. The monoisotopic (exact) mass is 326 g/mol. The number of hydrogen-bond donors (Lipinski definition) is 2. The van der Waals surface area contributed by atoms with Crippen LogP contribution >= 0.6 is 0 Å². The van der Waals surface area contributed by atoms with E-state index in [4.69, 9.17) is 14.5 Å². The Bertz CT molecular complexity index is 539. The molecule has 0 bridgehead atoms. The standard InChI is InChI=1S/C17H26O6/c1-5-7-9-21-15-12(4)11(3)13(17(19)20)14(18)16(15)23-22-10-8-6-2/h18H,5-10H2,1-4H3,(H,19,20). The molecule has 0 spiro atoms. The molecule has 0 aliphatic heterocycles. The van der Waals surface area contributed by atoms with Gasteiger partial charge in [-0.2, -0.15) is 4.89 Å². The third-order valence-corrected chi connectivity index (χ3v) is 3.62. The number of carboxylic acid groups (broad SMARTS) is 1. The molecule has 1 aromatic rings. The molecule has 0 aromatic heterocycles. The summed E-state index contributed by atoms with van der Waals surface area (Å²) in [7, 11) is 0. The molecule has 0 saturated heterocycles. The highest BCUT2D eigenvalue weighted by molar-refractivity contribution is 5.95. The SMILES string of the molecule is CCCCOOc1c(O)c(C(=O)O)c(C)c(C)c1OCCCC. The van der Waals surface area contributed by atoms with Crippen LogP contribution in [0.5, 0.6) is 17.2 Å². The van der Waals surface area contributed by atoms with Crippen LogP contribution in [0.3, 0.4) is 0 Å². The van der Waals surface area contributed by atoms with E-state index < -0.39 is 11.7 Å². The minimum absolute atomic E-state index is 0.0716. The normalized spacial score (nSPS) is 10.6. The maximum Gasteiger partial charge on any atom is 0.339 e. The smallest absolute Gasteiger partial charge is 0.339 e. The fourth-order valence-corrected chi connectivity index (χ4v) is 2.06. The van der Waals surface area contributed by atoms with Gasteiger partial charge in [-0.1, -0.05) is 26.7 Å². The molecule has 6 heteroatoms. The molecule has 0 amide bonds. The average molecular weight is 326 g/mol. The molecule has 0 fully saturated rings. The van der Waals surface area contributed by atoms with E-state index in [-0.39, 0.29) is 11.3 Å². The van der Waals surface area contributed by atoms with E-state index in [0.29, 0.717) is 30.1 Å². The highest BCUT2D eigenvalue weighted by Gasteiger charge is 2.26. The Balaban J connectivity index is 3.20. The second kappa shape index (κ2) is 9.25. The molecule has 0 atom stereocenters. The number of aromatic hydroxyl groups is 1. The van der Waals surface area contributed by atoms with E-state index in [2.05, 4.69) is 0 Å². The van der Waals surface area contributed by atoms with Gasteiger partial charge in [0.15, 0.2) is 11.5 Å².